The highest BCUT2D eigenvalue weighted by Gasteiger charge is 2.15. The van der Waals surface area contributed by atoms with Crippen LogP contribution in [-0.4, -0.2) is 27.6 Å². The smallest absolute Gasteiger partial charge is 0.140 e. The Morgan fingerprint density at radius 3 is 2.70 bits per heavy atom. The Morgan fingerprint density at radius 1 is 1.45 bits per heavy atom. The third-order valence-corrected chi connectivity index (χ3v) is 3.13. The molecule has 0 aliphatic heterocycles. The zero-order valence-electron chi connectivity index (χ0n) is 12.3. The van der Waals surface area contributed by atoms with Crippen molar-refractivity contribution in [1.82, 2.24) is 14.8 Å². The summed E-state index contributed by atoms with van der Waals surface area (Å²) < 4.78 is 1.77. The third kappa shape index (κ3) is 2.79. The molecule has 0 saturated carbocycles. The summed E-state index contributed by atoms with van der Waals surface area (Å²) in [6.45, 7) is 4.56. The second-order valence-corrected chi connectivity index (χ2v) is 5.07. The lowest BCUT2D eigenvalue weighted by Crippen LogP contribution is -2.24. The Hall–Kier alpha value is -2.37. The number of pyridine rings is 1. The lowest BCUT2D eigenvalue weighted by Gasteiger charge is -2.22. The summed E-state index contributed by atoms with van der Waals surface area (Å²) in [7, 11) is 3.83. The molecule has 2 aromatic heterocycles. The number of nitrogens with one attached hydrogen (secondary N) is 1. The van der Waals surface area contributed by atoms with Crippen molar-refractivity contribution >= 4 is 11.7 Å². The first-order valence-corrected chi connectivity index (χ1v) is 6.39. The molecule has 3 N–H and O–H groups in total. The van der Waals surface area contributed by atoms with Crippen LogP contribution in [0.15, 0.2) is 18.5 Å². The van der Waals surface area contributed by atoms with Gasteiger partial charge in [0.1, 0.15) is 11.7 Å². The van der Waals surface area contributed by atoms with Gasteiger partial charge in [-0.15, -0.1) is 0 Å². The van der Waals surface area contributed by atoms with Gasteiger partial charge in [-0.25, -0.2) is 4.98 Å². The molecule has 2 heterocycles. The first-order chi connectivity index (χ1) is 9.38. The van der Waals surface area contributed by atoms with Crippen LogP contribution in [0, 0.1) is 19.3 Å². The summed E-state index contributed by atoms with van der Waals surface area (Å²) in [6.07, 6.45) is 3.79. The fourth-order valence-corrected chi connectivity index (χ4v) is 2.33. The topological polar surface area (TPSA) is 83.8 Å². The molecule has 0 fully saturated rings. The van der Waals surface area contributed by atoms with Gasteiger partial charge in [0.05, 0.1) is 11.8 Å². The molecular weight excluding hydrogens is 252 g/mol. The van der Waals surface area contributed by atoms with Gasteiger partial charge in [0.25, 0.3) is 0 Å². The van der Waals surface area contributed by atoms with Crippen molar-refractivity contribution < 1.29 is 0 Å². The Balaban J connectivity index is 2.38. The highest BCUT2D eigenvalue weighted by atomic mass is 15.2. The van der Waals surface area contributed by atoms with Crippen LogP contribution in [0.4, 0.5) is 5.82 Å². The zero-order chi connectivity index (χ0) is 14.9. The van der Waals surface area contributed by atoms with E-state index in [0.29, 0.717) is 12.1 Å². The minimum absolute atomic E-state index is 0.0445. The molecule has 0 spiro atoms. The van der Waals surface area contributed by atoms with Crippen molar-refractivity contribution in [3.63, 3.8) is 0 Å². The lowest BCUT2D eigenvalue weighted by atomic mass is 10.1. The third-order valence-electron chi connectivity index (χ3n) is 3.13. The van der Waals surface area contributed by atoms with Crippen LogP contribution >= 0.6 is 0 Å². The minimum atomic E-state index is 0.0445. The Morgan fingerprint density at radius 2 is 2.15 bits per heavy atom. The molecule has 0 aliphatic carbocycles. The van der Waals surface area contributed by atoms with Crippen molar-refractivity contribution in [2.45, 2.75) is 20.4 Å². The highest BCUT2D eigenvalue weighted by molar-refractivity contribution is 6.01. The Bertz CT molecular complexity index is 643. The van der Waals surface area contributed by atoms with E-state index < -0.39 is 0 Å². The fraction of sp³-hybridized carbons (Fsp3) is 0.357. The molecule has 6 nitrogen and oxygen atoms in total. The predicted octanol–water partition coefficient (Wildman–Crippen LogP) is 1.35. The Labute approximate surface area is 118 Å². The molecule has 2 aromatic rings. The number of rotatable bonds is 4. The quantitative estimate of drug-likeness (QED) is 0.650. The molecule has 6 heteroatoms. The van der Waals surface area contributed by atoms with Gasteiger partial charge in [-0.2, -0.15) is 5.10 Å². The number of nitrogens with zero attached hydrogens (tertiary/aromatic N) is 4. The van der Waals surface area contributed by atoms with Crippen LogP contribution in [0.3, 0.4) is 0 Å². The molecule has 0 amide bonds. The summed E-state index contributed by atoms with van der Waals surface area (Å²) in [4.78, 5) is 6.53. The number of nitrogens with two attached hydrogens (primary N) is 1. The van der Waals surface area contributed by atoms with Gasteiger partial charge in [-0.1, -0.05) is 0 Å². The zero-order valence-corrected chi connectivity index (χ0v) is 12.3. The number of amidine groups is 1. The van der Waals surface area contributed by atoms with Gasteiger partial charge in [-0.05, 0) is 25.5 Å². The normalized spacial score (nSPS) is 10.6. The van der Waals surface area contributed by atoms with E-state index in [9.17, 15) is 0 Å². The van der Waals surface area contributed by atoms with Crippen LogP contribution in [-0.2, 0) is 13.6 Å². The number of aromatic nitrogens is 3. The summed E-state index contributed by atoms with van der Waals surface area (Å²) >= 11 is 0. The van der Waals surface area contributed by atoms with E-state index in [4.69, 9.17) is 11.1 Å². The van der Waals surface area contributed by atoms with Crippen LogP contribution in [0.2, 0.25) is 0 Å². The first kappa shape index (κ1) is 14.0. The van der Waals surface area contributed by atoms with Gasteiger partial charge in [0.2, 0.25) is 0 Å². The van der Waals surface area contributed by atoms with Crippen molar-refractivity contribution in [3.8, 4) is 0 Å². The number of hydrogen-bond acceptors (Lipinski definition) is 4. The number of nitrogen functional groups attached to an aromatic ring is 1. The molecular formula is C14H20N6. The van der Waals surface area contributed by atoms with Crippen molar-refractivity contribution in [3.05, 3.63) is 40.8 Å². The molecule has 0 atom stereocenters. The van der Waals surface area contributed by atoms with E-state index in [-0.39, 0.29) is 5.84 Å². The largest absolute Gasteiger partial charge is 0.384 e. The number of anilines is 1. The SMILES string of the molecule is Cc1cc(C)c(C(=N)N)c(N(C)Cc2cnn(C)c2)n1. The predicted molar refractivity (Wildman–Crippen MR) is 80.0 cm³/mol. The first-order valence-electron chi connectivity index (χ1n) is 6.39. The second-order valence-electron chi connectivity index (χ2n) is 5.07. The lowest BCUT2D eigenvalue weighted by molar-refractivity contribution is 0.766. The van der Waals surface area contributed by atoms with Crippen LogP contribution in [0.1, 0.15) is 22.4 Å². The molecule has 0 saturated heterocycles. The molecule has 0 aromatic carbocycles. The molecule has 0 unspecified atom stereocenters. The van der Waals surface area contributed by atoms with Crippen molar-refractivity contribution in [2.24, 2.45) is 12.8 Å². The van der Waals surface area contributed by atoms with Gasteiger partial charge < -0.3 is 10.6 Å². The van der Waals surface area contributed by atoms with Gasteiger partial charge in [0.15, 0.2) is 0 Å². The second kappa shape index (κ2) is 5.32. The average molecular weight is 272 g/mol. The monoisotopic (exact) mass is 272 g/mol. The fourth-order valence-electron chi connectivity index (χ4n) is 2.33. The van der Waals surface area contributed by atoms with Crippen LogP contribution < -0.4 is 10.6 Å². The van der Waals surface area contributed by atoms with E-state index in [1.54, 1.807) is 4.68 Å². The van der Waals surface area contributed by atoms with Gasteiger partial charge in [0, 0.05) is 38.1 Å². The molecule has 0 bridgehead atoms. The van der Waals surface area contributed by atoms with Crippen LogP contribution in [0.25, 0.3) is 0 Å². The maximum absolute atomic E-state index is 7.76. The van der Waals surface area contributed by atoms with Gasteiger partial charge in [-0.3, -0.25) is 10.1 Å². The molecule has 20 heavy (non-hydrogen) atoms. The maximum atomic E-state index is 7.76. The minimum Gasteiger partial charge on any atom is -0.384 e. The average Bonchev–Trinajstić information content (AvgIpc) is 2.72. The van der Waals surface area contributed by atoms with Crippen molar-refractivity contribution in [2.75, 3.05) is 11.9 Å². The van der Waals surface area contributed by atoms with Gasteiger partial charge >= 0.3 is 0 Å². The number of aryl methyl sites for hydroxylation is 3. The summed E-state index contributed by atoms with van der Waals surface area (Å²) in [5, 5.41) is 11.9. The molecule has 2 rings (SSSR count). The molecule has 106 valence electrons. The standard InChI is InChI=1S/C14H20N6/c1-9-5-10(2)18-14(12(9)13(15)16)19(3)7-11-6-17-20(4)8-11/h5-6,8H,7H2,1-4H3,(H3,15,16). The summed E-state index contributed by atoms with van der Waals surface area (Å²) in [6, 6.07) is 1.94. The van der Waals surface area contributed by atoms with E-state index >= 15 is 0 Å². The Kier molecular flexibility index (Phi) is 3.74. The van der Waals surface area contributed by atoms with E-state index in [2.05, 4.69) is 10.1 Å². The molecule has 0 radical (unpaired) electrons. The van der Waals surface area contributed by atoms with E-state index in [1.165, 1.54) is 0 Å². The van der Waals surface area contributed by atoms with E-state index in [0.717, 1.165) is 22.6 Å². The van der Waals surface area contributed by atoms with E-state index in [1.807, 2.05) is 51.3 Å². The van der Waals surface area contributed by atoms with Crippen LogP contribution in [0.5, 0.6) is 0 Å². The van der Waals surface area contributed by atoms with Crippen molar-refractivity contribution in [1.29, 1.82) is 5.41 Å². The maximum Gasteiger partial charge on any atom is 0.140 e. The molecule has 0 aliphatic rings. The number of hydrogen-bond donors (Lipinski definition) is 2. The summed E-state index contributed by atoms with van der Waals surface area (Å²) in [5.74, 6) is 0.780. The highest BCUT2D eigenvalue weighted by Crippen LogP contribution is 2.22. The summed E-state index contributed by atoms with van der Waals surface area (Å²) in [5.41, 5.74) is 9.37.